The van der Waals surface area contributed by atoms with Crippen molar-refractivity contribution >= 4 is 0 Å². The second kappa shape index (κ2) is 5.77. The van der Waals surface area contributed by atoms with Crippen LogP contribution in [0.25, 0.3) is 0 Å². The molecule has 0 radical (unpaired) electrons. The Morgan fingerprint density at radius 1 is 1.10 bits per heavy atom. The molecule has 0 saturated carbocycles. The van der Waals surface area contributed by atoms with Crippen LogP contribution in [0.15, 0.2) is 33.9 Å². The average Bonchev–Trinajstić information content (AvgIpc) is 2.44. The maximum absolute atomic E-state index is 11.9. The van der Waals surface area contributed by atoms with E-state index in [1.54, 1.807) is 6.92 Å². The number of aryl methyl sites for hydroxylation is 1. The first-order chi connectivity index (χ1) is 9.58. The molecular formula is C15H18N2O3. The summed E-state index contributed by atoms with van der Waals surface area (Å²) in [7, 11) is 0. The Kier molecular flexibility index (Phi) is 4.08. The largest absolute Gasteiger partial charge is 0.494 e. The molecule has 0 aliphatic rings. The lowest BCUT2D eigenvalue weighted by molar-refractivity contribution is 0.402. The zero-order chi connectivity index (χ0) is 14.7. The third-order valence-corrected chi connectivity index (χ3v) is 3.45. The number of benzene rings is 1. The number of nitrogens with one attached hydrogen (secondary N) is 1. The molecule has 5 nitrogen and oxygen atoms in total. The first-order valence-corrected chi connectivity index (χ1v) is 6.70. The van der Waals surface area contributed by atoms with Crippen LogP contribution in [0.3, 0.4) is 0 Å². The Balaban J connectivity index is 2.54. The molecule has 20 heavy (non-hydrogen) atoms. The number of aromatic hydroxyl groups is 1. The average molecular weight is 274 g/mol. The summed E-state index contributed by atoms with van der Waals surface area (Å²) in [5.74, 6) is -0.243. The van der Waals surface area contributed by atoms with E-state index in [0.717, 1.165) is 17.5 Å². The van der Waals surface area contributed by atoms with Gasteiger partial charge in [-0.15, -0.1) is 0 Å². The fourth-order valence-electron chi connectivity index (χ4n) is 2.29. The molecule has 0 fully saturated rings. The van der Waals surface area contributed by atoms with Crippen LogP contribution >= 0.6 is 0 Å². The molecular weight excluding hydrogens is 256 g/mol. The zero-order valence-corrected chi connectivity index (χ0v) is 11.6. The zero-order valence-electron chi connectivity index (χ0n) is 11.6. The van der Waals surface area contributed by atoms with Crippen molar-refractivity contribution in [3.05, 3.63) is 61.8 Å². The topological polar surface area (TPSA) is 75.1 Å². The van der Waals surface area contributed by atoms with E-state index in [0.29, 0.717) is 6.42 Å². The molecule has 5 heteroatoms. The van der Waals surface area contributed by atoms with Crippen LogP contribution < -0.4 is 11.2 Å². The van der Waals surface area contributed by atoms with Gasteiger partial charge in [0.25, 0.3) is 5.56 Å². The Bertz CT molecular complexity index is 729. The number of H-pyrrole nitrogens is 1. The minimum atomic E-state index is -0.587. The Labute approximate surface area is 116 Å². The number of hydrogen-bond acceptors (Lipinski definition) is 3. The summed E-state index contributed by atoms with van der Waals surface area (Å²) < 4.78 is 1.20. The van der Waals surface area contributed by atoms with E-state index in [2.05, 4.69) is 4.98 Å². The second-order valence-corrected chi connectivity index (χ2v) is 4.62. The van der Waals surface area contributed by atoms with Gasteiger partial charge in [0.05, 0.1) is 12.1 Å². The molecule has 0 unspecified atom stereocenters. The normalized spacial score (nSPS) is 10.7. The molecule has 1 aromatic heterocycles. The van der Waals surface area contributed by atoms with Crippen molar-refractivity contribution in [2.45, 2.75) is 33.2 Å². The maximum atomic E-state index is 11.9. The van der Waals surface area contributed by atoms with Crippen molar-refractivity contribution in [1.82, 2.24) is 9.55 Å². The fraction of sp³-hybridized carbons (Fsp3) is 0.333. The molecule has 0 spiro atoms. The van der Waals surface area contributed by atoms with Gasteiger partial charge in [0, 0.05) is 0 Å². The summed E-state index contributed by atoms with van der Waals surface area (Å²) in [5.41, 5.74) is 1.20. The maximum Gasteiger partial charge on any atom is 0.331 e. The van der Waals surface area contributed by atoms with E-state index in [9.17, 15) is 14.7 Å². The molecule has 0 bridgehead atoms. The Morgan fingerprint density at radius 2 is 1.75 bits per heavy atom. The monoisotopic (exact) mass is 274 g/mol. The van der Waals surface area contributed by atoms with Crippen LogP contribution in [0.1, 0.15) is 30.5 Å². The van der Waals surface area contributed by atoms with Gasteiger partial charge >= 0.3 is 5.69 Å². The lowest BCUT2D eigenvalue weighted by Gasteiger charge is -2.13. The third kappa shape index (κ3) is 2.52. The van der Waals surface area contributed by atoms with Gasteiger partial charge < -0.3 is 5.11 Å². The van der Waals surface area contributed by atoms with Gasteiger partial charge in [-0.25, -0.2) is 4.79 Å². The Hall–Kier alpha value is -2.30. The van der Waals surface area contributed by atoms with E-state index < -0.39 is 11.2 Å². The lowest BCUT2D eigenvalue weighted by atomic mass is 10.1. The molecule has 106 valence electrons. The van der Waals surface area contributed by atoms with E-state index in [1.807, 2.05) is 31.2 Å². The van der Waals surface area contributed by atoms with E-state index in [-0.39, 0.29) is 18.0 Å². The predicted molar refractivity (Wildman–Crippen MR) is 77.3 cm³/mol. The quantitative estimate of drug-likeness (QED) is 0.885. The van der Waals surface area contributed by atoms with Crippen molar-refractivity contribution in [3.63, 3.8) is 0 Å². The number of rotatable bonds is 4. The van der Waals surface area contributed by atoms with Crippen LogP contribution in [-0.2, 0) is 19.4 Å². The molecule has 0 saturated heterocycles. The summed E-state index contributed by atoms with van der Waals surface area (Å²) in [6, 6.07) is 7.74. The van der Waals surface area contributed by atoms with E-state index in [1.165, 1.54) is 4.57 Å². The van der Waals surface area contributed by atoms with Crippen LogP contribution in [-0.4, -0.2) is 14.7 Å². The molecule has 0 aliphatic carbocycles. The SMILES string of the molecule is CCc1ccccc1Cn1c(O)c(CC)c(=O)[nH]c1=O. The van der Waals surface area contributed by atoms with Crippen molar-refractivity contribution in [3.8, 4) is 5.88 Å². The lowest BCUT2D eigenvalue weighted by Crippen LogP contribution is -2.32. The van der Waals surface area contributed by atoms with Gasteiger partial charge in [0.2, 0.25) is 5.88 Å². The van der Waals surface area contributed by atoms with Crippen molar-refractivity contribution in [1.29, 1.82) is 0 Å². The fourth-order valence-corrected chi connectivity index (χ4v) is 2.29. The van der Waals surface area contributed by atoms with Gasteiger partial charge in [-0.05, 0) is 24.0 Å². The number of nitrogens with zero attached hydrogens (tertiary/aromatic N) is 1. The third-order valence-electron chi connectivity index (χ3n) is 3.45. The van der Waals surface area contributed by atoms with Crippen molar-refractivity contribution in [2.24, 2.45) is 0 Å². The number of hydrogen-bond donors (Lipinski definition) is 2. The highest BCUT2D eigenvalue weighted by atomic mass is 16.3. The highest BCUT2D eigenvalue weighted by molar-refractivity contribution is 5.29. The molecule has 2 aromatic rings. The summed E-state index contributed by atoms with van der Waals surface area (Å²) in [4.78, 5) is 25.7. The number of aromatic nitrogens is 2. The predicted octanol–water partition coefficient (Wildman–Crippen LogP) is 1.42. The van der Waals surface area contributed by atoms with E-state index >= 15 is 0 Å². The minimum absolute atomic E-state index is 0.235. The molecule has 0 atom stereocenters. The van der Waals surface area contributed by atoms with Crippen LogP contribution in [0.2, 0.25) is 0 Å². The highest BCUT2D eigenvalue weighted by Gasteiger charge is 2.13. The highest BCUT2D eigenvalue weighted by Crippen LogP contribution is 2.15. The van der Waals surface area contributed by atoms with Gasteiger partial charge in [0.1, 0.15) is 0 Å². The van der Waals surface area contributed by atoms with Gasteiger partial charge in [-0.1, -0.05) is 38.1 Å². The summed E-state index contributed by atoms with van der Waals surface area (Å²) in [5, 5.41) is 10.1. The summed E-state index contributed by atoms with van der Waals surface area (Å²) in [6.07, 6.45) is 1.21. The van der Waals surface area contributed by atoms with Crippen LogP contribution in [0.5, 0.6) is 5.88 Å². The molecule has 1 heterocycles. The summed E-state index contributed by atoms with van der Waals surface area (Å²) >= 11 is 0. The van der Waals surface area contributed by atoms with E-state index in [4.69, 9.17) is 0 Å². The van der Waals surface area contributed by atoms with Crippen LogP contribution in [0, 0.1) is 0 Å². The Morgan fingerprint density at radius 3 is 2.35 bits per heavy atom. The standard InChI is InChI=1S/C15H18N2O3/c1-3-10-7-5-6-8-11(10)9-17-14(19)12(4-2)13(18)16-15(17)20/h5-8,19H,3-4,9H2,1-2H3,(H,16,18,20). The van der Waals surface area contributed by atoms with Gasteiger partial charge in [0.15, 0.2) is 0 Å². The molecule has 0 aliphatic heterocycles. The van der Waals surface area contributed by atoms with Crippen molar-refractivity contribution < 1.29 is 5.11 Å². The first kappa shape index (κ1) is 14.1. The van der Waals surface area contributed by atoms with Crippen molar-refractivity contribution in [2.75, 3.05) is 0 Å². The molecule has 2 rings (SSSR count). The first-order valence-electron chi connectivity index (χ1n) is 6.70. The summed E-state index contributed by atoms with van der Waals surface area (Å²) in [6.45, 7) is 4.05. The van der Waals surface area contributed by atoms with Gasteiger partial charge in [-0.3, -0.25) is 14.3 Å². The molecule has 1 aromatic carbocycles. The van der Waals surface area contributed by atoms with Gasteiger partial charge in [-0.2, -0.15) is 0 Å². The minimum Gasteiger partial charge on any atom is -0.494 e. The second-order valence-electron chi connectivity index (χ2n) is 4.62. The molecule has 2 N–H and O–H groups in total. The number of aromatic amines is 1. The van der Waals surface area contributed by atoms with Crippen LogP contribution in [0.4, 0.5) is 0 Å². The smallest absolute Gasteiger partial charge is 0.331 e. The molecule has 0 amide bonds.